The maximum atomic E-state index is 13.3. The van der Waals surface area contributed by atoms with E-state index in [0.717, 1.165) is 0 Å². The first-order valence-electron chi connectivity index (χ1n) is 11.0. The standard InChI is InChI=1S/C23H28N4O7/c1-12-21(13(2)34-26-12)25-23(30)24-14-5-8-18-16(9-14)22(29)27(3)17-7-6-15(10-20(28)31-4)33-19(17)11-32-18/h5,8-9,15,17,19H,6-7,10-11H2,1-4H3,(H2,24,25,30)/t15-,17+,19-/m0/s1. The number of aryl methyl sites for hydroxylation is 2. The minimum atomic E-state index is -0.487. The molecule has 3 amide bonds. The fraction of sp³-hybridized carbons (Fsp3) is 0.478. The van der Waals surface area contributed by atoms with Crippen molar-refractivity contribution in [2.75, 3.05) is 31.4 Å². The van der Waals surface area contributed by atoms with Crippen molar-refractivity contribution in [3.63, 3.8) is 0 Å². The van der Waals surface area contributed by atoms with Crippen LogP contribution in [0, 0.1) is 13.8 Å². The van der Waals surface area contributed by atoms with Crippen molar-refractivity contribution in [1.29, 1.82) is 0 Å². The number of aromatic nitrogens is 1. The van der Waals surface area contributed by atoms with Gasteiger partial charge in [-0.05, 0) is 44.9 Å². The molecule has 0 spiro atoms. The largest absolute Gasteiger partial charge is 0.490 e. The second-order valence-electron chi connectivity index (χ2n) is 8.44. The zero-order valence-electron chi connectivity index (χ0n) is 19.5. The van der Waals surface area contributed by atoms with Gasteiger partial charge in [-0.1, -0.05) is 5.16 Å². The van der Waals surface area contributed by atoms with E-state index >= 15 is 0 Å². The van der Waals surface area contributed by atoms with Gasteiger partial charge in [-0.15, -0.1) is 0 Å². The van der Waals surface area contributed by atoms with Crippen molar-refractivity contribution < 1.29 is 33.1 Å². The average Bonchev–Trinajstić information content (AvgIpc) is 3.13. The molecule has 1 aromatic carbocycles. The van der Waals surface area contributed by atoms with Gasteiger partial charge in [0, 0.05) is 12.7 Å². The van der Waals surface area contributed by atoms with Crippen molar-refractivity contribution in [3.05, 3.63) is 35.2 Å². The molecule has 2 aliphatic heterocycles. The summed E-state index contributed by atoms with van der Waals surface area (Å²) in [6.45, 7) is 3.65. The predicted octanol–water partition coefficient (Wildman–Crippen LogP) is 2.88. The number of carbonyl (C=O) groups is 3. The third-order valence-electron chi connectivity index (χ3n) is 6.16. The molecule has 3 heterocycles. The van der Waals surface area contributed by atoms with Crippen LogP contribution in [0.4, 0.5) is 16.2 Å². The Labute approximate surface area is 196 Å². The van der Waals surface area contributed by atoms with E-state index in [4.69, 9.17) is 18.7 Å². The number of ether oxygens (including phenoxy) is 3. The maximum Gasteiger partial charge on any atom is 0.323 e. The number of anilines is 2. The van der Waals surface area contributed by atoms with E-state index in [1.54, 1.807) is 44.0 Å². The van der Waals surface area contributed by atoms with Gasteiger partial charge in [0.1, 0.15) is 29.8 Å². The van der Waals surface area contributed by atoms with Gasteiger partial charge in [0.2, 0.25) is 0 Å². The van der Waals surface area contributed by atoms with Crippen LogP contribution in [0.1, 0.15) is 41.1 Å². The number of methoxy groups -OCH3 is 1. The number of hydrogen-bond donors (Lipinski definition) is 2. The van der Waals surface area contributed by atoms with Crippen molar-refractivity contribution in [2.24, 2.45) is 0 Å². The minimum Gasteiger partial charge on any atom is -0.490 e. The van der Waals surface area contributed by atoms with E-state index < -0.39 is 6.03 Å². The third kappa shape index (κ3) is 4.84. The lowest BCUT2D eigenvalue weighted by Gasteiger charge is -2.42. The number of urea groups is 1. The second-order valence-corrected chi connectivity index (χ2v) is 8.44. The first kappa shape index (κ1) is 23.6. The van der Waals surface area contributed by atoms with Crippen LogP contribution >= 0.6 is 0 Å². The zero-order chi connectivity index (χ0) is 24.4. The molecule has 0 radical (unpaired) electrons. The van der Waals surface area contributed by atoms with Gasteiger partial charge in [-0.2, -0.15) is 0 Å². The van der Waals surface area contributed by atoms with Crippen LogP contribution in [0.2, 0.25) is 0 Å². The Bertz CT molecular complexity index is 1080. The fourth-order valence-electron chi connectivity index (χ4n) is 4.31. The van der Waals surface area contributed by atoms with Crippen LogP contribution in [-0.4, -0.2) is 67.0 Å². The summed E-state index contributed by atoms with van der Waals surface area (Å²) in [7, 11) is 3.07. The molecule has 2 N–H and O–H groups in total. The van der Waals surface area contributed by atoms with Crippen molar-refractivity contribution in [3.8, 4) is 5.75 Å². The Kier molecular flexibility index (Phi) is 6.73. The highest BCUT2D eigenvalue weighted by atomic mass is 16.6. The first-order valence-corrected chi connectivity index (χ1v) is 11.0. The number of hydrogen-bond acceptors (Lipinski definition) is 8. The lowest BCUT2D eigenvalue weighted by Crippen LogP contribution is -2.53. The number of esters is 1. The molecule has 0 unspecified atom stereocenters. The number of likely N-dealkylation sites (N-methyl/N-ethyl adjacent to an activating group) is 1. The Morgan fingerprint density at radius 1 is 1.24 bits per heavy atom. The molecule has 0 saturated carbocycles. The molecule has 2 aliphatic rings. The van der Waals surface area contributed by atoms with Crippen LogP contribution in [0.3, 0.4) is 0 Å². The number of carbonyl (C=O) groups excluding carboxylic acids is 3. The monoisotopic (exact) mass is 472 g/mol. The summed E-state index contributed by atoms with van der Waals surface area (Å²) < 4.78 is 21.8. The van der Waals surface area contributed by atoms with Crippen molar-refractivity contribution in [1.82, 2.24) is 10.1 Å². The van der Waals surface area contributed by atoms with Crippen LogP contribution in [-0.2, 0) is 14.3 Å². The third-order valence-corrected chi connectivity index (χ3v) is 6.16. The van der Waals surface area contributed by atoms with E-state index in [0.29, 0.717) is 47.0 Å². The van der Waals surface area contributed by atoms with Crippen LogP contribution in [0.5, 0.6) is 5.75 Å². The highest BCUT2D eigenvalue weighted by Crippen LogP contribution is 2.32. The molecule has 3 atom stereocenters. The van der Waals surface area contributed by atoms with Gasteiger partial charge in [-0.25, -0.2) is 4.79 Å². The molecule has 1 aromatic heterocycles. The van der Waals surface area contributed by atoms with E-state index in [9.17, 15) is 14.4 Å². The van der Waals surface area contributed by atoms with Crippen LogP contribution < -0.4 is 15.4 Å². The molecule has 1 fully saturated rings. The van der Waals surface area contributed by atoms with Gasteiger partial charge in [0.15, 0.2) is 5.76 Å². The number of nitrogens with one attached hydrogen (secondary N) is 2. The summed E-state index contributed by atoms with van der Waals surface area (Å²) >= 11 is 0. The van der Waals surface area contributed by atoms with E-state index in [1.807, 2.05) is 0 Å². The molecule has 182 valence electrons. The lowest BCUT2D eigenvalue weighted by atomic mass is 9.94. The number of benzene rings is 1. The summed E-state index contributed by atoms with van der Waals surface area (Å²) in [4.78, 5) is 39.1. The summed E-state index contributed by atoms with van der Waals surface area (Å²) in [6, 6.07) is 4.19. The van der Waals surface area contributed by atoms with Crippen LogP contribution in [0.25, 0.3) is 0 Å². The Balaban J connectivity index is 1.48. The Hall–Kier alpha value is -3.60. The quantitative estimate of drug-likeness (QED) is 0.649. The number of rotatable bonds is 4. The Morgan fingerprint density at radius 2 is 2.03 bits per heavy atom. The van der Waals surface area contributed by atoms with Gasteiger partial charge in [0.05, 0.1) is 31.2 Å². The molecule has 2 aromatic rings. The molecular weight excluding hydrogens is 444 g/mol. The van der Waals surface area contributed by atoms with E-state index in [1.165, 1.54) is 7.11 Å². The summed E-state index contributed by atoms with van der Waals surface area (Å²) in [5.41, 5.74) is 1.84. The summed E-state index contributed by atoms with van der Waals surface area (Å²) in [5, 5.41) is 9.24. The second kappa shape index (κ2) is 9.72. The zero-order valence-corrected chi connectivity index (χ0v) is 19.5. The molecule has 0 aliphatic carbocycles. The predicted molar refractivity (Wildman–Crippen MR) is 121 cm³/mol. The SMILES string of the molecule is COC(=O)C[C@@H]1CC[C@@H]2[C@H](COc3ccc(NC(=O)Nc4c(C)noc4C)cc3C(=O)N2C)O1. The Morgan fingerprint density at radius 3 is 2.74 bits per heavy atom. The van der Waals surface area contributed by atoms with E-state index in [2.05, 4.69) is 15.8 Å². The number of amides is 3. The molecule has 11 heteroatoms. The highest BCUT2D eigenvalue weighted by molar-refractivity contribution is 6.03. The van der Waals surface area contributed by atoms with Crippen molar-refractivity contribution in [2.45, 2.75) is 51.4 Å². The van der Waals surface area contributed by atoms with Gasteiger partial charge >= 0.3 is 12.0 Å². The maximum absolute atomic E-state index is 13.3. The number of nitrogens with zero attached hydrogens (tertiary/aromatic N) is 2. The van der Waals surface area contributed by atoms with Gasteiger partial charge in [-0.3, -0.25) is 9.59 Å². The summed E-state index contributed by atoms with van der Waals surface area (Å²) in [6.07, 6.45) is 0.820. The van der Waals surface area contributed by atoms with E-state index in [-0.39, 0.29) is 43.2 Å². The molecule has 1 saturated heterocycles. The fourth-order valence-corrected chi connectivity index (χ4v) is 4.31. The van der Waals surface area contributed by atoms with Crippen LogP contribution in [0.15, 0.2) is 22.7 Å². The van der Waals surface area contributed by atoms with Crippen molar-refractivity contribution >= 4 is 29.3 Å². The number of fused-ring (bicyclic) bond motifs is 2. The first-order chi connectivity index (χ1) is 16.3. The minimum absolute atomic E-state index is 0.166. The molecule has 11 nitrogen and oxygen atoms in total. The smallest absolute Gasteiger partial charge is 0.323 e. The lowest BCUT2D eigenvalue weighted by molar-refractivity contribution is -0.151. The van der Waals surface area contributed by atoms with Gasteiger partial charge in [0.25, 0.3) is 5.91 Å². The average molecular weight is 472 g/mol. The van der Waals surface area contributed by atoms with Gasteiger partial charge < -0.3 is 34.3 Å². The topological polar surface area (TPSA) is 132 Å². The molecule has 0 bridgehead atoms. The normalized spacial score (nSPS) is 21.9. The molecule has 4 rings (SSSR count). The summed E-state index contributed by atoms with van der Waals surface area (Å²) in [5.74, 6) is 0.317. The molecule has 34 heavy (non-hydrogen) atoms. The molecular formula is C23H28N4O7. The highest BCUT2D eigenvalue weighted by Gasteiger charge is 2.39.